The van der Waals surface area contributed by atoms with Crippen molar-refractivity contribution in [3.05, 3.63) is 30.1 Å². The van der Waals surface area contributed by atoms with E-state index in [0.717, 1.165) is 5.56 Å². The van der Waals surface area contributed by atoms with Crippen LogP contribution in [0.3, 0.4) is 0 Å². The molecule has 0 amide bonds. The summed E-state index contributed by atoms with van der Waals surface area (Å²) in [7, 11) is 0. The van der Waals surface area contributed by atoms with Crippen LogP contribution in [0.5, 0.6) is 0 Å². The quantitative estimate of drug-likeness (QED) is 0.667. The fraction of sp³-hybridized carbons (Fsp3) is 0.250. The molecule has 58 valence electrons. The molecule has 2 N–H and O–H groups in total. The molecule has 0 aliphatic carbocycles. The molecule has 0 spiro atoms. The number of hydrogen-bond donors (Lipinski definition) is 1. The molecule has 3 nitrogen and oxygen atoms in total. The lowest BCUT2D eigenvalue weighted by atomic mass is 10.1. The molecule has 1 rings (SSSR count). The predicted octanol–water partition coefficient (Wildman–Crippen LogP) is 0.152. The van der Waals surface area contributed by atoms with Crippen molar-refractivity contribution in [2.45, 2.75) is 6.42 Å². The minimum Gasteiger partial charge on any atom is -0.324 e. The Morgan fingerprint density at radius 2 is 2.45 bits per heavy atom. The van der Waals surface area contributed by atoms with Gasteiger partial charge in [-0.2, -0.15) is 0 Å². The number of carbonyl (C=O) groups excluding carboxylic acids is 1. The van der Waals surface area contributed by atoms with Crippen LogP contribution in [-0.2, 0) is 11.2 Å². The molecular formula is C8H10N2O. The highest BCUT2D eigenvalue weighted by Crippen LogP contribution is 1.96. The van der Waals surface area contributed by atoms with E-state index < -0.39 is 0 Å². The summed E-state index contributed by atoms with van der Waals surface area (Å²) >= 11 is 0. The predicted molar refractivity (Wildman–Crippen MR) is 42.0 cm³/mol. The first-order valence-electron chi connectivity index (χ1n) is 3.43. The Morgan fingerprint density at radius 3 is 3.00 bits per heavy atom. The van der Waals surface area contributed by atoms with Crippen molar-refractivity contribution in [3.8, 4) is 0 Å². The van der Waals surface area contributed by atoms with Gasteiger partial charge in [-0.05, 0) is 11.6 Å². The summed E-state index contributed by atoms with van der Waals surface area (Å²) < 4.78 is 0. The van der Waals surface area contributed by atoms with Crippen molar-refractivity contribution >= 4 is 5.78 Å². The third-order valence-corrected chi connectivity index (χ3v) is 1.35. The second-order valence-corrected chi connectivity index (χ2v) is 2.28. The van der Waals surface area contributed by atoms with E-state index in [-0.39, 0.29) is 12.3 Å². The number of ketones is 1. The van der Waals surface area contributed by atoms with Gasteiger partial charge in [-0.3, -0.25) is 9.78 Å². The molecule has 1 heterocycles. The van der Waals surface area contributed by atoms with E-state index in [2.05, 4.69) is 4.98 Å². The Labute approximate surface area is 65.2 Å². The number of hydrogen-bond acceptors (Lipinski definition) is 3. The molecule has 3 heteroatoms. The molecule has 0 saturated heterocycles. The lowest BCUT2D eigenvalue weighted by molar-refractivity contribution is -0.117. The maximum atomic E-state index is 10.8. The Kier molecular flexibility index (Phi) is 2.74. The number of nitrogens with two attached hydrogens (primary N) is 1. The van der Waals surface area contributed by atoms with Crippen molar-refractivity contribution in [2.24, 2.45) is 5.73 Å². The van der Waals surface area contributed by atoms with Gasteiger partial charge in [-0.1, -0.05) is 6.07 Å². The third kappa shape index (κ3) is 2.47. The van der Waals surface area contributed by atoms with Crippen molar-refractivity contribution in [1.82, 2.24) is 4.98 Å². The van der Waals surface area contributed by atoms with E-state index in [1.807, 2.05) is 6.07 Å². The van der Waals surface area contributed by atoms with Crippen LogP contribution in [0.2, 0.25) is 0 Å². The number of Topliss-reactive ketones (excluding diaryl/α,β-unsaturated/α-hetero) is 1. The van der Waals surface area contributed by atoms with Crippen LogP contribution >= 0.6 is 0 Å². The first kappa shape index (κ1) is 7.88. The first-order valence-corrected chi connectivity index (χ1v) is 3.43. The first-order chi connectivity index (χ1) is 5.33. The highest BCUT2D eigenvalue weighted by Gasteiger charge is 1.99. The Morgan fingerprint density at radius 1 is 1.64 bits per heavy atom. The number of nitrogens with zero attached hydrogens (tertiary/aromatic N) is 1. The monoisotopic (exact) mass is 150 g/mol. The highest BCUT2D eigenvalue weighted by atomic mass is 16.1. The third-order valence-electron chi connectivity index (χ3n) is 1.35. The van der Waals surface area contributed by atoms with Crippen LogP contribution in [-0.4, -0.2) is 17.3 Å². The molecule has 0 radical (unpaired) electrons. The summed E-state index contributed by atoms with van der Waals surface area (Å²) in [6, 6.07) is 3.67. The average molecular weight is 150 g/mol. The number of carbonyl (C=O) groups is 1. The van der Waals surface area contributed by atoms with Gasteiger partial charge in [0.25, 0.3) is 0 Å². The molecule has 0 bridgehead atoms. The van der Waals surface area contributed by atoms with E-state index in [1.165, 1.54) is 0 Å². The zero-order chi connectivity index (χ0) is 8.10. The number of aromatic nitrogens is 1. The van der Waals surface area contributed by atoms with Crippen LogP contribution in [0.25, 0.3) is 0 Å². The average Bonchev–Trinajstić information content (AvgIpc) is 2.06. The normalized spacial score (nSPS) is 9.55. The summed E-state index contributed by atoms with van der Waals surface area (Å²) in [5.74, 6) is 0.0398. The maximum absolute atomic E-state index is 10.8. The van der Waals surface area contributed by atoms with Crippen LogP contribution in [0.15, 0.2) is 24.5 Å². The van der Waals surface area contributed by atoms with Crippen LogP contribution < -0.4 is 5.73 Å². The maximum Gasteiger partial charge on any atom is 0.150 e. The summed E-state index contributed by atoms with van der Waals surface area (Å²) in [6.07, 6.45) is 3.74. The standard InChI is InChI=1S/C8H10N2O/c9-5-8(11)4-7-2-1-3-10-6-7/h1-3,6H,4-5,9H2. The van der Waals surface area contributed by atoms with Gasteiger partial charge in [0.15, 0.2) is 5.78 Å². The fourth-order valence-electron chi connectivity index (χ4n) is 0.803. The SMILES string of the molecule is NCC(=O)Cc1cccnc1. The minimum absolute atomic E-state index is 0.0398. The molecule has 0 saturated carbocycles. The fourth-order valence-corrected chi connectivity index (χ4v) is 0.803. The second kappa shape index (κ2) is 3.83. The van der Waals surface area contributed by atoms with Gasteiger partial charge in [0, 0.05) is 18.8 Å². The van der Waals surface area contributed by atoms with Gasteiger partial charge in [0.2, 0.25) is 0 Å². The molecule has 11 heavy (non-hydrogen) atoms. The van der Waals surface area contributed by atoms with Gasteiger partial charge in [0.1, 0.15) is 0 Å². The molecule has 0 fully saturated rings. The minimum atomic E-state index is 0.0398. The largest absolute Gasteiger partial charge is 0.324 e. The summed E-state index contributed by atoms with van der Waals surface area (Å²) in [5.41, 5.74) is 6.07. The van der Waals surface area contributed by atoms with Crippen molar-refractivity contribution in [1.29, 1.82) is 0 Å². The van der Waals surface area contributed by atoms with Crippen molar-refractivity contribution in [3.63, 3.8) is 0 Å². The van der Waals surface area contributed by atoms with Gasteiger partial charge >= 0.3 is 0 Å². The molecule has 1 aromatic rings. The lowest BCUT2D eigenvalue weighted by Gasteiger charge is -1.95. The highest BCUT2D eigenvalue weighted by molar-refractivity contribution is 5.82. The second-order valence-electron chi connectivity index (χ2n) is 2.28. The van der Waals surface area contributed by atoms with E-state index in [4.69, 9.17) is 5.73 Å². The molecular weight excluding hydrogens is 140 g/mol. The number of pyridine rings is 1. The Balaban J connectivity index is 2.58. The van der Waals surface area contributed by atoms with Crippen molar-refractivity contribution in [2.75, 3.05) is 6.54 Å². The van der Waals surface area contributed by atoms with E-state index in [0.29, 0.717) is 6.42 Å². The molecule has 0 unspecified atom stereocenters. The Hall–Kier alpha value is -1.22. The van der Waals surface area contributed by atoms with Gasteiger partial charge in [-0.25, -0.2) is 0 Å². The summed E-state index contributed by atoms with van der Waals surface area (Å²) in [5, 5.41) is 0. The van der Waals surface area contributed by atoms with Gasteiger partial charge < -0.3 is 5.73 Å². The molecule has 1 aromatic heterocycles. The molecule has 0 atom stereocenters. The Bertz CT molecular complexity index is 233. The van der Waals surface area contributed by atoms with E-state index in [1.54, 1.807) is 18.5 Å². The van der Waals surface area contributed by atoms with Gasteiger partial charge in [0.05, 0.1) is 6.54 Å². The number of rotatable bonds is 3. The van der Waals surface area contributed by atoms with Crippen molar-refractivity contribution < 1.29 is 4.79 Å². The van der Waals surface area contributed by atoms with Crippen LogP contribution in [0, 0.1) is 0 Å². The smallest absolute Gasteiger partial charge is 0.150 e. The zero-order valence-corrected chi connectivity index (χ0v) is 6.16. The molecule has 0 aliphatic rings. The van der Waals surface area contributed by atoms with Crippen LogP contribution in [0.1, 0.15) is 5.56 Å². The molecule has 0 aliphatic heterocycles. The topological polar surface area (TPSA) is 56.0 Å². The summed E-state index contributed by atoms with van der Waals surface area (Å²) in [4.78, 5) is 14.7. The van der Waals surface area contributed by atoms with E-state index >= 15 is 0 Å². The molecule has 0 aromatic carbocycles. The summed E-state index contributed by atoms with van der Waals surface area (Å²) in [6.45, 7) is 0.106. The lowest BCUT2D eigenvalue weighted by Crippen LogP contribution is -2.15. The van der Waals surface area contributed by atoms with Crippen LogP contribution in [0.4, 0.5) is 0 Å². The van der Waals surface area contributed by atoms with Gasteiger partial charge in [-0.15, -0.1) is 0 Å². The zero-order valence-electron chi connectivity index (χ0n) is 6.16. The van der Waals surface area contributed by atoms with E-state index in [9.17, 15) is 4.79 Å².